The third kappa shape index (κ3) is 2.72. The summed E-state index contributed by atoms with van der Waals surface area (Å²) in [7, 11) is 0. The quantitative estimate of drug-likeness (QED) is 0.761. The van der Waals surface area contributed by atoms with E-state index in [9.17, 15) is 9.59 Å². The lowest BCUT2D eigenvalue weighted by atomic mass is 10.0. The molecule has 0 saturated carbocycles. The van der Waals surface area contributed by atoms with Crippen LogP contribution in [-0.2, 0) is 11.2 Å². The van der Waals surface area contributed by atoms with E-state index in [1.54, 1.807) is 12.1 Å². The number of aryl methyl sites for hydroxylation is 1. The number of fused-ring (bicyclic) bond motifs is 2. The molecule has 0 bridgehead atoms. The number of hydrogen-bond acceptors (Lipinski definition) is 3. The third-order valence-electron chi connectivity index (χ3n) is 4.09. The number of nitrogens with one attached hydrogen (secondary N) is 2. The first-order valence-corrected chi connectivity index (χ1v) is 7.79. The lowest BCUT2D eigenvalue weighted by Gasteiger charge is -2.17. The summed E-state index contributed by atoms with van der Waals surface area (Å²) < 4.78 is 0. The predicted molar refractivity (Wildman–Crippen MR) is 93.1 cm³/mol. The summed E-state index contributed by atoms with van der Waals surface area (Å²) in [5, 5.41) is 6.70. The van der Waals surface area contributed by atoms with Crippen molar-refractivity contribution in [2.75, 3.05) is 10.6 Å². The second-order valence-electron chi connectivity index (χ2n) is 5.76. The van der Waals surface area contributed by atoms with Crippen molar-refractivity contribution < 1.29 is 9.59 Å². The number of carbonyl (C=O) groups is 2. The Morgan fingerprint density at radius 3 is 2.83 bits per heavy atom. The Hall–Kier alpha value is -3.21. The standard InChI is InChI=1S/C19H15N3O2/c23-18-10-6-13-11-14(7-9-16(13)22-18)20-19(24)17-8-5-12-3-1-2-4-15(12)21-17/h1-5,7-9,11H,6,10H2,(H,20,24)(H,22,23). The van der Waals surface area contributed by atoms with Gasteiger partial charge in [-0.3, -0.25) is 9.59 Å². The number of hydrogen-bond donors (Lipinski definition) is 2. The van der Waals surface area contributed by atoms with Crippen molar-refractivity contribution in [1.29, 1.82) is 0 Å². The number of pyridine rings is 1. The summed E-state index contributed by atoms with van der Waals surface area (Å²) in [6.45, 7) is 0. The van der Waals surface area contributed by atoms with E-state index in [1.807, 2.05) is 42.5 Å². The van der Waals surface area contributed by atoms with Crippen LogP contribution in [0, 0.1) is 0 Å². The maximum Gasteiger partial charge on any atom is 0.274 e. The van der Waals surface area contributed by atoms with Crippen LogP contribution in [0.4, 0.5) is 11.4 Å². The Bertz CT molecular complexity index is 966. The molecule has 0 aliphatic carbocycles. The average Bonchev–Trinajstić information content (AvgIpc) is 2.61. The second-order valence-corrected chi connectivity index (χ2v) is 5.76. The van der Waals surface area contributed by atoms with Crippen LogP contribution in [0.5, 0.6) is 0 Å². The van der Waals surface area contributed by atoms with Gasteiger partial charge in [-0.2, -0.15) is 0 Å². The van der Waals surface area contributed by atoms with Gasteiger partial charge in [0.25, 0.3) is 5.91 Å². The number of benzene rings is 2. The molecule has 2 heterocycles. The Kier molecular flexibility index (Phi) is 3.46. The molecule has 0 fully saturated rings. The van der Waals surface area contributed by atoms with E-state index in [4.69, 9.17) is 0 Å². The molecule has 4 rings (SSSR count). The predicted octanol–water partition coefficient (Wildman–Crippen LogP) is 3.37. The molecule has 5 heteroatoms. The molecule has 3 aromatic rings. The SMILES string of the molecule is O=C1CCc2cc(NC(=O)c3ccc4ccccc4n3)ccc2N1. The molecule has 0 atom stereocenters. The third-order valence-corrected chi connectivity index (χ3v) is 4.09. The topological polar surface area (TPSA) is 71.1 Å². The van der Waals surface area contributed by atoms with E-state index in [0.717, 1.165) is 22.2 Å². The van der Waals surface area contributed by atoms with Crippen molar-refractivity contribution in [3.63, 3.8) is 0 Å². The van der Waals surface area contributed by atoms with E-state index in [0.29, 0.717) is 24.2 Å². The van der Waals surface area contributed by atoms with Crippen molar-refractivity contribution in [2.45, 2.75) is 12.8 Å². The summed E-state index contributed by atoms with van der Waals surface area (Å²) in [4.78, 5) is 28.2. The molecule has 1 aromatic heterocycles. The van der Waals surface area contributed by atoms with Gasteiger partial charge in [-0.05, 0) is 42.3 Å². The first kappa shape index (κ1) is 14.4. The molecule has 2 amide bonds. The van der Waals surface area contributed by atoms with Gasteiger partial charge in [0, 0.05) is 23.2 Å². The smallest absolute Gasteiger partial charge is 0.274 e. The van der Waals surface area contributed by atoms with Gasteiger partial charge in [0.05, 0.1) is 5.52 Å². The van der Waals surface area contributed by atoms with Gasteiger partial charge in [0.1, 0.15) is 5.69 Å². The highest BCUT2D eigenvalue weighted by Crippen LogP contribution is 2.26. The highest BCUT2D eigenvalue weighted by atomic mass is 16.2. The minimum atomic E-state index is -0.249. The molecular weight excluding hydrogens is 302 g/mol. The summed E-state index contributed by atoms with van der Waals surface area (Å²) in [6.07, 6.45) is 1.15. The molecule has 0 spiro atoms. The number of rotatable bonds is 2. The fraction of sp³-hybridized carbons (Fsp3) is 0.105. The fourth-order valence-corrected chi connectivity index (χ4v) is 2.85. The van der Waals surface area contributed by atoms with Crippen LogP contribution in [0.2, 0.25) is 0 Å². The number of nitrogens with zero attached hydrogens (tertiary/aromatic N) is 1. The Morgan fingerprint density at radius 1 is 1.04 bits per heavy atom. The highest BCUT2D eigenvalue weighted by molar-refractivity contribution is 6.04. The van der Waals surface area contributed by atoms with Crippen LogP contribution >= 0.6 is 0 Å². The molecule has 24 heavy (non-hydrogen) atoms. The molecule has 2 N–H and O–H groups in total. The molecule has 1 aliphatic heterocycles. The Balaban J connectivity index is 1.58. The number of anilines is 2. The van der Waals surface area contributed by atoms with Gasteiger partial charge in [-0.15, -0.1) is 0 Å². The number of carbonyl (C=O) groups excluding carboxylic acids is 2. The van der Waals surface area contributed by atoms with Crippen molar-refractivity contribution in [3.05, 3.63) is 65.9 Å². The van der Waals surface area contributed by atoms with Crippen LogP contribution in [0.1, 0.15) is 22.5 Å². The largest absolute Gasteiger partial charge is 0.326 e. The maximum absolute atomic E-state index is 12.4. The highest BCUT2D eigenvalue weighted by Gasteiger charge is 2.16. The normalized spacial score (nSPS) is 13.2. The van der Waals surface area contributed by atoms with E-state index >= 15 is 0 Å². The van der Waals surface area contributed by atoms with E-state index in [1.165, 1.54) is 0 Å². The second kappa shape index (κ2) is 5.77. The maximum atomic E-state index is 12.4. The van der Waals surface area contributed by atoms with Gasteiger partial charge >= 0.3 is 0 Å². The van der Waals surface area contributed by atoms with Crippen LogP contribution in [0.25, 0.3) is 10.9 Å². The van der Waals surface area contributed by atoms with Crippen LogP contribution in [-0.4, -0.2) is 16.8 Å². The van der Waals surface area contributed by atoms with Gasteiger partial charge in [-0.25, -0.2) is 4.98 Å². The number of aromatic nitrogens is 1. The molecule has 5 nitrogen and oxygen atoms in total. The molecule has 0 radical (unpaired) electrons. The molecule has 118 valence electrons. The van der Waals surface area contributed by atoms with Gasteiger partial charge in [0.2, 0.25) is 5.91 Å². The van der Waals surface area contributed by atoms with Crippen molar-refractivity contribution in [1.82, 2.24) is 4.98 Å². The zero-order valence-corrected chi connectivity index (χ0v) is 12.9. The molecule has 0 unspecified atom stereocenters. The zero-order chi connectivity index (χ0) is 16.5. The average molecular weight is 317 g/mol. The van der Waals surface area contributed by atoms with E-state index in [-0.39, 0.29) is 11.8 Å². The van der Waals surface area contributed by atoms with Gasteiger partial charge in [-0.1, -0.05) is 24.3 Å². The van der Waals surface area contributed by atoms with Crippen molar-refractivity contribution in [2.24, 2.45) is 0 Å². The zero-order valence-electron chi connectivity index (χ0n) is 12.9. The molecule has 2 aromatic carbocycles. The number of amides is 2. The van der Waals surface area contributed by atoms with Gasteiger partial charge in [0.15, 0.2) is 0 Å². The number of para-hydroxylation sites is 1. The van der Waals surface area contributed by atoms with Crippen LogP contribution < -0.4 is 10.6 Å². The Labute approximate surface area is 138 Å². The minimum Gasteiger partial charge on any atom is -0.326 e. The Morgan fingerprint density at radius 2 is 1.92 bits per heavy atom. The minimum absolute atomic E-state index is 0.0275. The van der Waals surface area contributed by atoms with Crippen LogP contribution in [0.3, 0.4) is 0 Å². The molecule has 0 saturated heterocycles. The monoisotopic (exact) mass is 317 g/mol. The first-order valence-electron chi connectivity index (χ1n) is 7.79. The van der Waals surface area contributed by atoms with Crippen molar-refractivity contribution in [3.8, 4) is 0 Å². The lowest BCUT2D eigenvalue weighted by Crippen LogP contribution is -2.19. The fourth-order valence-electron chi connectivity index (χ4n) is 2.85. The van der Waals surface area contributed by atoms with E-state index in [2.05, 4.69) is 15.6 Å². The summed E-state index contributed by atoms with van der Waals surface area (Å²) in [5.41, 5.74) is 3.70. The first-order chi connectivity index (χ1) is 11.7. The van der Waals surface area contributed by atoms with E-state index < -0.39 is 0 Å². The van der Waals surface area contributed by atoms with Crippen molar-refractivity contribution >= 4 is 34.1 Å². The molecule has 1 aliphatic rings. The summed E-state index contributed by atoms with van der Waals surface area (Å²) in [5.74, 6) is -0.222. The lowest BCUT2D eigenvalue weighted by molar-refractivity contribution is -0.116. The van der Waals surface area contributed by atoms with Gasteiger partial charge < -0.3 is 10.6 Å². The summed E-state index contributed by atoms with van der Waals surface area (Å²) >= 11 is 0. The molecular formula is C19H15N3O2. The van der Waals surface area contributed by atoms with Crippen LogP contribution in [0.15, 0.2) is 54.6 Å². The summed E-state index contributed by atoms with van der Waals surface area (Å²) in [6, 6.07) is 16.8.